The van der Waals surface area contributed by atoms with E-state index in [1.165, 1.54) is 42.1 Å². The Morgan fingerprint density at radius 2 is 1.78 bits per heavy atom. The fourth-order valence-corrected chi connectivity index (χ4v) is 3.95. The molecule has 1 aromatic rings. The molecule has 2 rings (SSSR count). The highest BCUT2D eigenvalue weighted by Crippen LogP contribution is 2.40. The minimum Gasteiger partial charge on any atom is -0.458 e. The summed E-state index contributed by atoms with van der Waals surface area (Å²) in [7, 11) is 4.00. The van der Waals surface area contributed by atoms with Crippen LogP contribution in [0.25, 0.3) is 0 Å². The third kappa shape index (κ3) is 8.03. The molecule has 0 heterocycles. The lowest BCUT2D eigenvalue weighted by Gasteiger charge is -2.32. The van der Waals surface area contributed by atoms with Crippen LogP contribution >= 0.6 is 0 Å². The molecule has 0 radical (unpaired) electrons. The highest BCUT2D eigenvalue weighted by Gasteiger charge is 2.26. The summed E-state index contributed by atoms with van der Waals surface area (Å²) >= 11 is 0. The Hall–Kier alpha value is -2.81. The van der Waals surface area contributed by atoms with Crippen molar-refractivity contribution in [2.24, 2.45) is 5.41 Å². The largest absolute Gasteiger partial charge is 0.458 e. The topological polar surface area (TPSA) is 29.5 Å². The van der Waals surface area contributed by atoms with Crippen molar-refractivity contribution in [3.8, 4) is 0 Å². The molecule has 32 heavy (non-hydrogen) atoms. The van der Waals surface area contributed by atoms with E-state index in [4.69, 9.17) is 4.74 Å². The molecule has 0 N–H and O–H groups in total. The van der Waals surface area contributed by atoms with Gasteiger partial charge in [0.2, 0.25) is 0 Å². The number of allylic oxidation sites excluding steroid dienone is 9. The summed E-state index contributed by atoms with van der Waals surface area (Å²) in [6, 6.07) is 7.99. The molecule has 3 heteroatoms. The molecule has 1 aliphatic rings. The van der Waals surface area contributed by atoms with Gasteiger partial charge >= 0.3 is 5.97 Å². The molecular formula is C29H39NO2. The highest BCUT2D eigenvalue weighted by atomic mass is 16.5. The van der Waals surface area contributed by atoms with E-state index in [1.807, 2.05) is 62.3 Å². The van der Waals surface area contributed by atoms with Crippen molar-refractivity contribution in [2.75, 3.05) is 19.0 Å². The molecule has 0 atom stereocenters. The van der Waals surface area contributed by atoms with Crippen molar-refractivity contribution in [2.45, 2.75) is 60.5 Å². The standard InChI is InChI=1S/C29H39NO2/c1-22(13-18-27-24(3)12-9-19-29(27,4)5)10-8-11-23(2)20-28(31)32-21-25-14-16-26(17-15-25)30(6)7/h8,10-11,13-18,20H,9,12,19,21H2,1-7H3/b11-8+,18-13+,22-10+,23-20+. The van der Waals surface area contributed by atoms with Crippen molar-refractivity contribution in [3.05, 3.63) is 88.6 Å². The van der Waals surface area contributed by atoms with Crippen LogP contribution in [0.4, 0.5) is 5.69 Å². The number of benzene rings is 1. The van der Waals surface area contributed by atoms with Crippen LogP contribution in [0.15, 0.2) is 83.0 Å². The van der Waals surface area contributed by atoms with Gasteiger partial charge in [0, 0.05) is 25.9 Å². The van der Waals surface area contributed by atoms with Crippen molar-refractivity contribution >= 4 is 11.7 Å². The molecule has 172 valence electrons. The molecule has 0 aromatic heterocycles. The van der Waals surface area contributed by atoms with Crippen LogP contribution in [0.2, 0.25) is 0 Å². The van der Waals surface area contributed by atoms with E-state index in [0.29, 0.717) is 0 Å². The van der Waals surface area contributed by atoms with Crippen molar-refractivity contribution in [3.63, 3.8) is 0 Å². The molecule has 0 aliphatic heterocycles. The Morgan fingerprint density at radius 3 is 2.41 bits per heavy atom. The minimum absolute atomic E-state index is 0.253. The molecule has 0 unspecified atom stereocenters. The zero-order valence-corrected chi connectivity index (χ0v) is 20.9. The van der Waals surface area contributed by atoms with Gasteiger partial charge in [0.25, 0.3) is 0 Å². The van der Waals surface area contributed by atoms with Gasteiger partial charge in [-0.1, -0.05) is 67.5 Å². The smallest absolute Gasteiger partial charge is 0.331 e. The second kappa shape index (κ2) is 11.7. The lowest BCUT2D eigenvalue weighted by atomic mass is 9.72. The predicted octanol–water partition coefficient (Wildman–Crippen LogP) is 7.33. The van der Waals surface area contributed by atoms with Crippen molar-refractivity contribution in [1.82, 2.24) is 0 Å². The predicted molar refractivity (Wildman–Crippen MR) is 137 cm³/mol. The first-order valence-corrected chi connectivity index (χ1v) is 11.4. The van der Waals surface area contributed by atoms with Crippen LogP contribution in [0.1, 0.15) is 59.4 Å². The Labute approximate surface area is 194 Å². The summed E-state index contributed by atoms with van der Waals surface area (Å²) in [6.07, 6.45) is 15.7. The van der Waals surface area contributed by atoms with E-state index in [0.717, 1.165) is 16.8 Å². The Kier molecular flexibility index (Phi) is 9.31. The fraction of sp³-hybridized carbons (Fsp3) is 0.414. The van der Waals surface area contributed by atoms with Gasteiger partial charge in [-0.3, -0.25) is 0 Å². The summed E-state index contributed by atoms with van der Waals surface area (Å²) in [4.78, 5) is 14.1. The molecule has 1 aromatic carbocycles. The molecule has 3 nitrogen and oxygen atoms in total. The van der Waals surface area contributed by atoms with Gasteiger partial charge in [0.15, 0.2) is 0 Å². The maximum Gasteiger partial charge on any atom is 0.331 e. The first-order valence-electron chi connectivity index (χ1n) is 11.4. The molecule has 0 saturated carbocycles. The van der Waals surface area contributed by atoms with Crippen LogP contribution in [0, 0.1) is 5.41 Å². The van der Waals surface area contributed by atoms with E-state index in [2.05, 4.69) is 45.9 Å². The summed E-state index contributed by atoms with van der Waals surface area (Å²) in [5.41, 5.74) is 7.36. The van der Waals surface area contributed by atoms with Crippen LogP contribution in [0.3, 0.4) is 0 Å². The summed E-state index contributed by atoms with van der Waals surface area (Å²) in [6.45, 7) is 11.2. The van der Waals surface area contributed by atoms with Gasteiger partial charge in [-0.05, 0) is 74.3 Å². The SMILES string of the molecule is CC1=C(/C=C/C(C)=C/C=C/C(C)=C/C(=O)OCc2ccc(N(C)C)cc2)C(C)(C)CCC1. The maximum absolute atomic E-state index is 12.1. The normalized spacial score (nSPS) is 17.3. The molecule has 0 bridgehead atoms. The highest BCUT2D eigenvalue weighted by molar-refractivity contribution is 5.83. The number of rotatable bonds is 8. The first kappa shape index (κ1) is 25.5. The number of anilines is 1. The Bertz CT molecular complexity index is 938. The van der Waals surface area contributed by atoms with Crippen LogP contribution in [0.5, 0.6) is 0 Å². The molecule has 0 spiro atoms. The molecular weight excluding hydrogens is 394 g/mol. The van der Waals surface area contributed by atoms with Gasteiger partial charge in [-0.2, -0.15) is 0 Å². The summed E-state index contributed by atoms with van der Waals surface area (Å²) in [5.74, 6) is -0.327. The fourth-order valence-electron chi connectivity index (χ4n) is 3.95. The average molecular weight is 434 g/mol. The van der Waals surface area contributed by atoms with Gasteiger partial charge in [0.1, 0.15) is 6.61 Å². The Balaban J connectivity index is 1.88. The first-order chi connectivity index (χ1) is 15.1. The summed E-state index contributed by atoms with van der Waals surface area (Å²) < 4.78 is 5.37. The van der Waals surface area contributed by atoms with E-state index in [1.54, 1.807) is 0 Å². The lowest BCUT2D eigenvalue weighted by molar-refractivity contribution is -0.139. The maximum atomic E-state index is 12.1. The third-order valence-electron chi connectivity index (χ3n) is 5.95. The van der Waals surface area contributed by atoms with Crippen molar-refractivity contribution < 1.29 is 9.53 Å². The number of carbonyl (C=O) groups is 1. The number of nitrogens with zero attached hydrogens (tertiary/aromatic N) is 1. The number of hydrogen-bond acceptors (Lipinski definition) is 3. The van der Waals surface area contributed by atoms with E-state index in [9.17, 15) is 4.79 Å². The number of carbonyl (C=O) groups excluding carboxylic acids is 1. The van der Waals surface area contributed by atoms with Crippen LogP contribution in [-0.2, 0) is 16.1 Å². The van der Waals surface area contributed by atoms with Crippen LogP contribution in [-0.4, -0.2) is 20.1 Å². The zero-order chi connectivity index (χ0) is 23.7. The number of hydrogen-bond donors (Lipinski definition) is 0. The molecule has 0 saturated heterocycles. The second-order valence-corrected chi connectivity index (χ2v) is 9.59. The molecule has 0 fully saturated rings. The van der Waals surface area contributed by atoms with Gasteiger partial charge in [-0.15, -0.1) is 0 Å². The number of esters is 1. The van der Waals surface area contributed by atoms with Crippen molar-refractivity contribution in [1.29, 1.82) is 0 Å². The third-order valence-corrected chi connectivity index (χ3v) is 5.95. The summed E-state index contributed by atoms with van der Waals surface area (Å²) in [5, 5.41) is 0. The lowest BCUT2D eigenvalue weighted by Crippen LogP contribution is -2.19. The van der Waals surface area contributed by atoms with Gasteiger partial charge in [-0.25, -0.2) is 4.79 Å². The zero-order valence-electron chi connectivity index (χ0n) is 20.9. The molecule has 0 amide bonds. The van der Waals surface area contributed by atoms with Gasteiger partial charge in [0.05, 0.1) is 0 Å². The average Bonchev–Trinajstić information content (AvgIpc) is 2.71. The van der Waals surface area contributed by atoms with Crippen LogP contribution < -0.4 is 4.90 Å². The Morgan fingerprint density at radius 1 is 1.09 bits per heavy atom. The van der Waals surface area contributed by atoms with E-state index < -0.39 is 0 Å². The van der Waals surface area contributed by atoms with E-state index in [-0.39, 0.29) is 18.0 Å². The number of ether oxygens (including phenoxy) is 1. The van der Waals surface area contributed by atoms with E-state index >= 15 is 0 Å². The monoisotopic (exact) mass is 433 g/mol. The minimum atomic E-state index is -0.327. The molecule has 1 aliphatic carbocycles. The van der Waals surface area contributed by atoms with Gasteiger partial charge < -0.3 is 9.64 Å². The second-order valence-electron chi connectivity index (χ2n) is 9.59. The quantitative estimate of drug-likeness (QED) is 0.244.